The Morgan fingerprint density at radius 2 is 1.79 bits per heavy atom. The van der Waals surface area contributed by atoms with Crippen molar-refractivity contribution in [3.05, 3.63) is 59.9 Å². The average Bonchev–Trinajstić information content (AvgIpc) is 2.44. The summed E-state index contributed by atoms with van der Waals surface area (Å²) in [6.45, 7) is 2.18. The normalized spacial score (nSPS) is 10.4. The Bertz CT molecular complexity index is 508. The highest BCUT2D eigenvalue weighted by Crippen LogP contribution is 2.25. The third kappa shape index (κ3) is 4.09. The Morgan fingerprint density at radius 1 is 1.00 bits per heavy atom. The van der Waals surface area contributed by atoms with Gasteiger partial charge in [0.1, 0.15) is 5.75 Å². The highest BCUT2D eigenvalue weighted by atomic mass is 19.1. The highest BCUT2D eigenvalue weighted by molar-refractivity contribution is 5.35. The zero-order valence-electron chi connectivity index (χ0n) is 11.2. The van der Waals surface area contributed by atoms with E-state index in [0.29, 0.717) is 11.5 Å². The molecule has 0 atom stereocenters. The topological polar surface area (TPSA) is 9.23 Å². The van der Waals surface area contributed by atoms with E-state index in [1.807, 2.05) is 36.4 Å². The Hall–Kier alpha value is -1.83. The molecule has 1 nitrogen and oxygen atoms in total. The van der Waals surface area contributed by atoms with Gasteiger partial charge in [-0.15, -0.1) is 0 Å². The van der Waals surface area contributed by atoms with Crippen molar-refractivity contribution in [3.8, 4) is 11.5 Å². The van der Waals surface area contributed by atoms with E-state index < -0.39 is 0 Å². The molecule has 0 heterocycles. The quantitative estimate of drug-likeness (QED) is 0.634. The molecule has 0 aliphatic rings. The van der Waals surface area contributed by atoms with Crippen molar-refractivity contribution in [1.29, 1.82) is 0 Å². The molecule has 0 aliphatic carbocycles. The first-order valence-electron chi connectivity index (χ1n) is 6.81. The Balaban J connectivity index is 2.09. The van der Waals surface area contributed by atoms with Crippen LogP contribution in [0, 0.1) is 5.82 Å². The summed E-state index contributed by atoms with van der Waals surface area (Å²) in [5.74, 6) is 0.649. The molecule has 0 bridgehead atoms. The van der Waals surface area contributed by atoms with Gasteiger partial charge < -0.3 is 4.74 Å². The van der Waals surface area contributed by atoms with E-state index in [1.54, 1.807) is 6.07 Å². The molecule has 2 rings (SSSR count). The second-order valence-corrected chi connectivity index (χ2v) is 4.64. The van der Waals surface area contributed by atoms with Crippen LogP contribution in [0.2, 0.25) is 0 Å². The van der Waals surface area contributed by atoms with Crippen molar-refractivity contribution >= 4 is 0 Å². The number of rotatable bonds is 6. The standard InChI is InChI=1S/C17H19FO/c1-2-3-5-8-14-11-12-16(18)17(13-14)19-15-9-6-4-7-10-15/h4,6-7,9-13H,2-3,5,8H2,1H3. The highest BCUT2D eigenvalue weighted by Gasteiger charge is 2.06. The number of benzene rings is 2. The van der Waals surface area contributed by atoms with Crippen LogP contribution in [0.3, 0.4) is 0 Å². The number of ether oxygens (including phenoxy) is 1. The molecule has 0 radical (unpaired) electrons. The van der Waals surface area contributed by atoms with E-state index in [2.05, 4.69) is 6.92 Å². The Kier molecular flexibility index (Phi) is 4.96. The number of para-hydroxylation sites is 1. The summed E-state index contributed by atoms with van der Waals surface area (Å²) >= 11 is 0. The summed E-state index contributed by atoms with van der Waals surface area (Å²) in [5, 5.41) is 0. The first-order valence-corrected chi connectivity index (χ1v) is 6.81. The van der Waals surface area contributed by atoms with Gasteiger partial charge in [-0.05, 0) is 42.7 Å². The van der Waals surface area contributed by atoms with Crippen LogP contribution in [0.4, 0.5) is 4.39 Å². The molecule has 0 aliphatic heterocycles. The van der Waals surface area contributed by atoms with Crippen LogP contribution >= 0.6 is 0 Å². The van der Waals surface area contributed by atoms with E-state index in [-0.39, 0.29) is 5.82 Å². The van der Waals surface area contributed by atoms with Crippen LogP contribution in [0.15, 0.2) is 48.5 Å². The minimum Gasteiger partial charge on any atom is -0.454 e. The maximum atomic E-state index is 13.7. The lowest BCUT2D eigenvalue weighted by Gasteiger charge is -2.08. The third-order valence-electron chi connectivity index (χ3n) is 3.04. The predicted octanol–water partition coefficient (Wildman–Crippen LogP) is 5.35. The van der Waals surface area contributed by atoms with Gasteiger partial charge in [-0.2, -0.15) is 0 Å². The number of hydrogen-bond donors (Lipinski definition) is 0. The third-order valence-corrected chi connectivity index (χ3v) is 3.04. The molecule has 0 N–H and O–H groups in total. The van der Waals surface area contributed by atoms with Crippen molar-refractivity contribution in [2.24, 2.45) is 0 Å². The zero-order valence-corrected chi connectivity index (χ0v) is 11.2. The van der Waals surface area contributed by atoms with Gasteiger partial charge in [0, 0.05) is 0 Å². The molecule has 0 fully saturated rings. The minimum absolute atomic E-state index is 0.306. The summed E-state index contributed by atoms with van der Waals surface area (Å²) in [4.78, 5) is 0. The number of aryl methyl sites for hydroxylation is 1. The van der Waals surface area contributed by atoms with E-state index >= 15 is 0 Å². The van der Waals surface area contributed by atoms with Gasteiger partial charge in [0.15, 0.2) is 11.6 Å². The number of halogens is 1. The fraction of sp³-hybridized carbons (Fsp3) is 0.294. The van der Waals surface area contributed by atoms with Crippen LogP contribution in [0.5, 0.6) is 11.5 Å². The predicted molar refractivity (Wildman–Crippen MR) is 76.1 cm³/mol. The van der Waals surface area contributed by atoms with Gasteiger partial charge in [-0.1, -0.05) is 44.0 Å². The lowest BCUT2D eigenvalue weighted by molar-refractivity contribution is 0.441. The fourth-order valence-electron chi connectivity index (χ4n) is 1.98. The average molecular weight is 258 g/mol. The van der Waals surface area contributed by atoms with Crippen LogP contribution in [-0.2, 0) is 6.42 Å². The van der Waals surface area contributed by atoms with Gasteiger partial charge in [0.2, 0.25) is 0 Å². The van der Waals surface area contributed by atoms with Crippen molar-refractivity contribution in [2.45, 2.75) is 32.6 Å². The monoisotopic (exact) mass is 258 g/mol. The smallest absolute Gasteiger partial charge is 0.165 e. The zero-order chi connectivity index (χ0) is 13.5. The summed E-state index contributed by atoms with van der Waals surface area (Å²) < 4.78 is 19.3. The van der Waals surface area contributed by atoms with Crippen LogP contribution in [0.1, 0.15) is 31.7 Å². The Labute approximate surface area is 114 Å². The lowest BCUT2D eigenvalue weighted by Crippen LogP contribution is -1.92. The first-order chi connectivity index (χ1) is 9.29. The lowest BCUT2D eigenvalue weighted by atomic mass is 10.1. The summed E-state index contributed by atoms with van der Waals surface area (Å²) in [5.41, 5.74) is 1.13. The minimum atomic E-state index is -0.317. The van der Waals surface area contributed by atoms with E-state index in [4.69, 9.17) is 4.74 Å². The number of hydrogen-bond acceptors (Lipinski definition) is 1. The van der Waals surface area contributed by atoms with E-state index in [9.17, 15) is 4.39 Å². The fourth-order valence-corrected chi connectivity index (χ4v) is 1.98. The summed E-state index contributed by atoms with van der Waals surface area (Å²) in [6.07, 6.45) is 4.49. The molecule has 0 amide bonds. The van der Waals surface area contributed by atoms with Gasteiger partial charge >= 0.3 is 0 Å². The molecule has 0 unspecified atom stereocenters. The van der Waals surface area contributed by atoms with Crippen LogP contribution < -0.4 is 4.74 Å². The SMILES string of the molecule is CCCCCc1ccc(F)c(Oc2ccccc2)c1. The molecule has 0 saturated carbocycles. The molecule has 0 aromatic heterocycles. The molecule has 2 aromatic rings. The van der Waals surface area contributed by atoms with Crippen molar-refractivity contribution in [1.82, 2.24) is 0 Å². The van der Waals surface area contributed by atoms with E-state index in [0.717, 1.165) is 18.4 Å². The van der Waals surface area contributed by atoms with E-state index in [1.165, 1.54) is 18.9 Å². The van der Waals surface area contributed by atoms with Crippen molar-refractivity contribution < 1.29 is 9.13 Å². The summed E-state index contributed by atoms with van der Waals surface area (Å²) in [7, 11) is 0. The maximum Gasteiger partial charge on any atom is 0.165 e. The van der Waals surface area contributed by atoms with Gasteiger partial charge in [-0.3, -0.25) is 0 Å². The van der Waals surface area contributed by atoms with Crippen LogP contribution in [0.25, 0.3) is 0 Å². The Morgan fingerprint density at radius 3 is 2.53 bits per heavy atom. The number of unbranched alkanes of at least 4 members (excludes halogenated alkanes) is 2. The second-order valence-electron chi connectivity index (χ2n) is 4.64. The first kappa shape index (κ1) is 13.6. The molecule has 2 heteroatoms. The molecule has 0 spiro atoms. The van der Waals surface area contributed by atoms with Gasteiger partial charge in [0.05, 0.1) is 0 Å². The van der Waals surface area contributed by atoms with Crippen molar-refractivity contribution in [3.63, 3.8) is 0 Å². The summed E-state index contributed by atoms with van der Waals surface area (Å²) in [6, 6.07) is 14.4. The molecule has 19 heavy (non-hydrogen) atoms. The second kappa shape index (κ2) is 6.93. The molecule has 100 valence electrons. The maximum absolute atomic E-state index is 13.7. The van der Waals surface area contributed by atoms with Crippen molar-refractivity contribution in [2.75, 3.05) is 0 Å². The molecular weight excluding hydrogens is 239 g/mol. The largest absolute Gasteiger partial charge is 0.454 e. The van der Waals surface area contributed by atoms with Crippen LogP contribution in [-0.4, -0.2) is 0 Å². The molecule has 2 aromatic carbocycles. The molecule has 0 saturated heterocycles. The molecular formula is C17H19FO. The van der Waals surface area contributed by atoms with Gasteiger partial charge in [-0.25, -0.2) is 4.39 Å². The van der Waals surface area contributed by atoms with Gasteiger partial charge in [0.25, 0.3) is 0 Å².